The Bertz CT molecular complexity index is 2920. The van der Waals surface area contributed by atoms with E-state index in [0.29, 0.717) is 6.42 Å². The molecule has 2 aliphatic carbocycles. The van der Waals surface area contributed by atoms with Gasteiger partial charge in [-0.3, -0.25) is 4.79 Å². The molecule has 58 heavy (non-hydrogen) atoms. The van der Waals surface area contributed by atoms with Crippen LogP contribution in [0.2, 0.25) is 0 Å². The van der Waals surface area contributed by atoms with E-state index in [1.807, 2.05) is 6.08 Å². The molecule has 0 N–H and O–H groups in total. The van der Waals surface area contributed by atoms with Gasteiger partial charge in [-0.2, -0.15) is 0 Å². The average Bonchev–Trinajstić information content (AvgIpc) is 3.80. The number of rotatable bonds is 7. The average molecular weight is 758 g/mol. The van der Waals surface area contributed by atoms with E-state index in [0.717, 1.165) is 39.1 Å². The molecule has 0 spiro atoms. The predicted octanol–water partition coefficient (Wildman–Crippen LogP) is 9.79. The van der Waals surface area contributed by atoms with Crippen LogP contribution in [0.4, 0.5) is 0 Å². The fourth-order valence-corrected chi connectivity index (χ4v) is 15.0. The molecule has 11 rings (SSSR count). The Morgan fingerprint density at radius 3 is 1.45 bits per heavy atom. The maximum Gasteiger partial charge on any atom is 0.179 e. The van der Waals surface area contributed by atoms with Crippen molar-refractivity contribution in [3.8, 4) is 5.69 Å². The second-order valence-corrected chi connectivity index (χ2v) is 19.3. The fraction of sp³-hybridized carbons (Fsp3) is 0.0364. The number of allylic oxidation sites excluding steroid dienone is 4. The van der Waals surface area contributed by atoms with Crippen LogP contribution >= 0.6 is 0 Å². The lowest BCUT2D eigenvalue weighted by Crippen LogP contribution is -2.74. The number of hydrogen-bond acceptors (Lipinski definition) is 1. The fourth-order valence-electron chi connectivity index (χ4n) is 10.3. The van der Waals surface area contributed by atoms with Crippen LogP contribution in [0.15, 0.2) is 230 Å². The van der Waals surface area contributed by atoms with E-state index in [9.17, 15) is 4.79 Å². The lowest BCUT2D eigenvalue weighted by molar-refractivity contribution is -0.115. The van der Waals surface area contributed by atoms with Gasteiger partial charge in [-0.25, -0.2) is 0 Å². The van der Waals surface area contributed by atoms with E-state index < -0.39 is 13.5 Å². The highest BCUT2D eigenvalue weighted by molar-refractivity contribution is 7.19. The van der Waals surface area contributed by atoms with Crippen LogP contribution in [-0.4, -0.2) is 18.4 Å². The second kappa shape index (κ2) is 13.5. The molecule has 0 saturated heterocycles. The number of ketones is 1. The summed E-state index contributed by atoms with van der Waals surface area (Å²) in [5, 5.41) is 7.77. The predicted molar refractivity (Wildman–Crippen MR) is 243 cm³/mol. The first kappa shape index (κ1) is 34.2. The van der Waals surface area contributed by atoms with E-state index in [-0.39, 0.29) is 5.78 Å². The smallest absolute Gasteiger partial charge is 0.179 e. The number of para-hydroxylation sites is 2. The molecule has 1 heterocycles. The van der Waals surface area contributed by atoms with Gasteiger partial charge in [0.25, 0.3) is 0 Å². The summed E-state index contributed by atoms with van der Waals surface area (Å²) >= 11 is 0. The zero-order valence-electron chi connectivity index (χ0n) is 31.9. The number of aromatic nitrogens is 1. The van der Waals surface area contributed by atoms with Crippen molar-refractivity contribution in [2.24, 2.45) is 0 Å². The summed E-state index contributed by atoms with van der Waals surface area (Å²) in [6, 6.07) is 77.5. The lowest BCUT2D eigenvalue weighted by Gasteiger charge is -2.37. The number of carbonyl (C=O) groups is 1. The summed E-state index contributed by atoms with van der Waals surface area (Å²) in [6.45, 7) is 0. The first-order valence-electron chi connectivity index (χ1n) is 20.1. The standard InChI is InChI=1S/C55H39NOSi/c57-53-30-16-26-49-46-23-10-13-27-50(46)55(54(49)53,39-31-35-41(36-32-39)56-51-28-14-11-24-47(51)48-25-12-15-29-52(48)56)40-33-37-45(38-34-40)58(42-17-4-1-5-18-42,43-19-6-2-7-20-43)44-21-8-3-9-22-44/h1-29,31-38H,30H2. The minimum atomic E-state index is -2.76. The third-order valence-corrected chi connectivity index (χ3v) is 17.4. The summed E-state index contributed by atoms with van der Waals surface area (Å²) in [4.78, 5) is 14.5. The summed E-state index contributed by atoms with van der Waals surface area (Å²) in [7, 11) is -2.76. The van der Waals surface area contributed by atoms with Gasteiger partial charge in [0.1, 0.15) is 0 Å². The topological polar surface area (TPSA) is 22.0 Å². The molecular formula is C55H39NOSi. The molecule has 1 aromatic heterocycles. The highest BCUT2D eigenvalue weighted by Gasteiger charge is 2.51. The quantitative estimate of drug-likeness (QED) is 0.117. The van der Waals surface area contributed by atoms with Crippen LogP contribution in [-0.2, 0) is 10.2 Å². The maximum atomic E-state index is 14.5. The van der Waals surface area contributed by atoms with E-state index in [1.54, 1.807) is 0 Å². The largest absolute Gasteiger partial charge is 0.309 e. The van der Waals surface area contributed by atoms with Crippen LogP contribution in [0.25, 0.3) is 33.1 Å². The first-order valence-corrected chi connectivity index (χ1v) is 22.1. The minimum absolute atomic E-state index is 0.172. The van der Waals surface area contributed by atoms with E-state index in [2.05, 4.69) is 223 Å². The number of fused-ring (bicyclic) bond motifs is 5. The Morgan fingerprint density at radius 1 is 0.448 bits per heavy atom. The molecule has 1 unspecified atom stereocenters. The van der Waals surface area contributed by atoms with Crippen LogP contribution in [0, 0.1) is 0 Å². The van der Waals surface area contributed by atoms with Gasteiger partial charge in [-0.15, -0.1) is 0 Å². The molecule has 0 bridgehead atoms. The van der Waals surface area contributed by atoms with E-state index in [4.69, 9.17) is 0 Å². The van der Waals surface area contributed by atoms with Gasteiger partial charge in [0.15, 0.2) is 13.9 Å². The SMILES string of the molecule is O=C1CC=CC2=C1C(c1ccc(-n3c4ccccc4c4ccccc43)cc1)(c1ccc([Si](c3ccccc3)(c3ccccc3)c3ccccc3)cc1)c1ccccc12. The van der Waals surface area contributed by atoms with Gasteiger partial charge in [-0.05, 0) is 72.8 Å². The molecule has 0 aliphatic heterocycles. The summed E-state index contributed by atoms with van der Waals surface area (Å²) in [6.07, 6.45) is 4.59. The highest BCUT2D eigenvalue weighted by Crippen LogP contribution is 2.56. The lowest BCUT2D eigenvalue weighted by atomic mass is 9.65. The Kier molecular flexibility index (Phi) is 7.99. The molecular weight excluding hydrogens is 719 g/mol. The molecule has 3 heteroatoms. The van der Waals surface area contributed by atoms with Gasteiger partial charge in [0.2, 0.25) is 0 Å². The molecule has 8 aromatic carbocycles. The van der Waals surface area contributed by atoms with Crippen molar-refractivity contribution < 1.29 is 4.79 Å². The summed E-state index contributed by atoms with van der Waals surface area (Å²) in [5.41, 5.74) is 8.99. The number of carbonyl (C=O) groups excluding carboxylic acids is 1. The maximum absolute atomic E-state index is 14.5. The highest BCUT2D eigenvalue weighted by atomic mass is 28.3. The summed E-state index contributed by atoms with van der Waals surface area (Å²) in [5.74, 6) is 0.172. The molecule has 0 amide bonds. The molecule has 9 aromatic rings. The van der Waals surface area contributed by atoms with Gasteiger partial charge >= 0.3 is 0 Å². The monoisotopic (exact) mass is 757 g/mol. The van der Waals surface area contributed by atoms with Gasteiger partial charge in [-0.1, -0.05) is 200 Å². The van der Waals surface area contributed by atoms with Crippen LogP contribution < -0.4 is 20.7 Å². The number of Topliss-reactive ketones (excluding diaryl/α,β-unsaturated/α-hetero) is 1. The molecule has 274 valence electrons. The third kappa shape index (κ3) is 4.87. The van der Waals surface area contributed by atoms with Crippen molar-refractivity contribution in [2.45, 2.75) is 11.8 Å². The molecule has 0 fully saturated rings. The van der Waals surface area contributed by atoms with Crippen molar-refractivity contribution in [1.82, 2.24) is 4.57 Å². The Hall–Kier alpha value is -7.07. The number of benzene rings is 8. The number of hydrogen-bond donors (Lipinski definition) is 0. The molecule has 0 saturated carbocycles. The molecule has 0 radical (unpaired) electrons. The molecule has 2 aliphatic rings. The zero-order valence-corrected chi connectivity index (χ0v) is 32.9. The minimum Gasteiger partial charge on any atom is -0.309 e. The van der Waals surface area contributed by atoms with Crippen molar-refractivity contribution in [1.29, 1.82) is 0 Å². The van der Waals surface area contributed by atoms with Gasteiger partial charge in [0.05, 0.1) is 16.4 Å². The Morgan fingerprint density at radius 2 is 0.897 bits per heavy atom. The van der Waals surface area contributed by atoms with Crippen molar-refractivity contribution in [2.75, 3.05) is 0 Å². The van der Waals surface area contributed by atoms with Crippen molar-refractivity contribution in [3.63, 3.8) is 0 Å². The number of nitrogens with zero attached hydrogens (tertiary/aromatic N) is 1. The van der Waals surface area contributed by atoms with Gasteiger partial charge < -0.3 is 4.57 Å². The van der Waals surface area contributed by atoms with Crippen LogP contribution in [0.1, 0.15) is 28.7 Å². The normalized spacial score (nSPS) is 16.2. The third-order valence-electron chi connectivity index (χ3n) is 12.6. The zero-order chi connectivity index (χ0) is 38.7. The van der Waals surface area contributed by atoms with Crippen LogP contribution in [0.5, 0.6) is 0 Å². The Labute approximate surface area is 339 Å². The molecule has 1 atom stereocenters. The first-order chi connectivity index (χ1) is 28.7. The van der Waals surface area contributed by atoms with Gasteiger partial charge in [0, 0.05) is 28.5 Å². The van der Waals surface area contributed by atoms with Crippen molar-refractivity contribution in [3.05, 3.63) is 252 Å². The van der Waals surface area contributed by atoms with Crippen molar-refractivity contribution >= 4 is 62.0 Å². The summed E-state index contributed by atoms with van der Waals surface area (Å²) < 4.78 is 2.36. The van der Waals surface area contributed by atoms with E-state index >= 15 is 0 Å². The molecule has 2 nitrogen and oxygen atoms in total. The Balaban J connectivity index is 1.15. The second-order valence-electron chi connectivity index (χ2n) is 15.5. The van der Waals surface area contributed by atoms with Crippen LogP contribution in [0.3, 0.4) is 0 Å². The van der Waals surface area contributed by atoms with E-state index in [1.165, 1.54) is 42.6 Å².